The summed E-state index contributed by atoms with van der Waals surface area (Å²) in [7, 11) is 0. The molecule has 1 saturated heterocycles. The number of anilines is 3. The number of nitrogens with one attached hydrogen (secondary N) is 1. The molecule has 3 aliphatic rings. The third-order valence-corrected chi connectivity index (χ3v) is 8.14. The molecule has 6 rings (SSSR count). The molecule has 1 aromatic carbocycles. The van der Waals surface area contributed by atoms with Crippen molar-refractivity contribution in [1.29, 1.82) is 5.26 Å². The predicted molar refractivity (Wildman–Crippen MR) is 139 cm³/mol. The van der Waals surface area contributed by atoms with Crippen molar-refractivity contribution in [3.8, 4) is 11.9 Å². The molecule has 2 saturated carbocycles. The first-order chi connectivity index (χ1) is 17.6. The van der Waals surface area contributed by atoms with Crippen LogP contribution in [0.15, 0.2) is 48.7 Å². The highest BCUT2D eigenvalue weighted by atomic mass is 15.4. The average Bonchev–Trinajstić information content (AvgIpc) is 3.72. The van der Waals surface area contributed by atoms with Crippen LogP contribution < -0.4 is 11.1 Å². The van der Waals surface area contributed by atoms with Gasteiger partial charge in [0.05, 0.1) is 11.5 Å². The fourth-order valence-corrected chi connectivity index (χ4v) is 5.86. The Kier molecular flexibility index (Phi) is 6.07. The first kappa shape index (κ1) is 23.0. The number of rotatable bonds is 6. The van der Waals surface area contributed by atoms with Crippen molar-refractivity contribution in [3.63, 3.8) is 0 Å². The van der Waals surface area contributed by atoms with Gasteiger partial charge >= 0.3 is 0 Å². The molecule has 3 aromatic rings. The fourth-order valence-electron chi connectivity index (χ4n) is 5.86. The highest BCUT2D eigenvalue weighted by Crippen LogP contribution is 2.41. The molecule has 3 heterocycles. The van der Waals surface area contributed by atoms with Crippen LogP contribution in [0.2, 0.25) is 0 Å². The monoisotopic (exact) mass is 483 g/mol. The summed E-state index contributed by atoms with van der Waals surface area (Å²) in [5, 5.41) is 17.9. The summed E-state index contributed by atoms with van der Waals surface area (Å²) >= 11 is 0. The van der Waals surface area contributed by atoms with Crippen LogP contribution in [0.3, 0.4) is 0 Å². The smallest absolute Gasteiger partial charge is 0.248 e. The van der Waals surface area contributed by atoms with Crippen molar-refractivity contribution >= 4 is 17.6 Å². The summed E-state index contributed by atoms with van der Waals surface area (Å²) < 4.78 is 1.51. The second-order valence-corrected chi connectivity index (χ2v) is 10.3. The Bertz CT molecular complexity index is 1210. The molecule has 0 amide bonds. The molecular formula is C27H33N9. The number of hydrogen-bond acceptors (Lipinski definition) is 8. The average molecular weight is 484 g/mol. The van der Waals surface area contributed by atoms with Gasteiger partial charge in [-0.1, -0.05) is 18.2 Å². The van der Waals surface area contributed by atoms with Crippen molar-refractivity contribution < 1.29 is 0 Å². The van der Waals surface area contributed by atoms with E-state index in [0.717, 1.165) is 43.0 Å². The predicted octanol–water partition coefficient (Wildman–Crippen LogP) is 3.47. The zero-order chi connectivity index (χ0) is 24.5. The van der Waals surface area contributed by atoms with Gasteiger partial charge in [0, 0.05) is 50.1 Å². The zero-order valence-electron chi connectivity index (χ0n) is 20.6. The number of hydrogen-bond donors (Lipinski definition) is 2. The van der Waals surface area contributed by atoms with Gasteiger partial charge in [0.1, 0.15) is 0 Å². The summed E-state index contributed by atoms with van der Waals surface area (Å²) in [4.78, 5) is 13.9. The van der Waals surface area contributed by atoms with Crippen LogP contribution in [0, 0.1) is 11.3 Å². The molecule has 9 heteroatoms. The number of nitrogens with two attached hydrogens (primary N) is 1. The van der Waals surface area contributed by atoms with E-state index in [1.54, 1.807) is 6.20 Å². The van der Waals surface area contributed by atoms with Crippen LogP contribution in [0.5, 0.6) is 0 Å². The molecule has 3 fully saturated rings. The fraction of sp³-hybridized carbons (Fsp3) is 0.481. The van der Waals surface area contributed by atoms with Gasteiger partial charge in [0.2, 0.25) is 11.9 Å². The Balaban J connectivity index is 1.08. The van der Waals surface area contributed by atoms with Crippen molar-refractivity contribution in [1.82, 2.24) is 29.5 Å². The topological polar surface area (TPSA) is 112 Å². The number of benzene rings is 1. The highest BCUT2D eigenvalue weighted by molar-refractivity contribution is 5.56. The lowest BCUT2D eigenvalue weighted by Crippen LogP contribution is -2.52. The van der Waals surface area contributed by atoms with Crippen LogP contribution in [0.25, 0.3) is 5.82 Å². The quantitative estimate of drug-likeness (QED) is 0.548. The second kappa shape index (κ2) is 9.52. The van der Waals surface area contributed by atoms with Crippen LogP contribution >= 0.6 is 0 Å². The summed E-state index contributed by atoms with van der Waals surface area (Å²) in [6, 6.07) is 17.8. The second-order valence-electron chi connectivity index (χ2n) is 10.3. The number of nitriles is 1. The SMILES string of the molecule is N#C[C@]1(c2ccc(Nc3nc(N)n(-c4ccccn4)n3)cc2)CC[C@H](N2CCN(C3CC3)CC2)CC1. The Labute approximate surface area is 211 Å². The first-order valence-corrected chi connectivity index (χ1v) is 13.0. The molecule has 2 aromatic heterocycles. The van der Waals surface area contributed by atoms with Crippen molar-refractivity contribution in [2.45, 2.75) is 56.0 Å². The number of aromatic nitrogens is 4. The Morgan fingerprint density at radius 1 is 0.917 bits per heavy atom. The summed E-state index contributed by atoms with van der Waals surface area (Å²) in [6.45, 7) is 4.77. The Hall–Kier alpha value is -3.48. The Morgan fingerprint density at radius 2 is 1.58 bits per heavy atom. The molecule has 36 heavy (non-hydrogen) atoms. The van der Waals surface area contributed by atoms with Gasteiger partial charge in [-0.15, -0.1) is 5.10 Å². The lowest BCUT2D eigenvalue weighted by molar-refractivity contribution is 0.0675. The van der Waals surface area contributed by atoms with Gasteiger partial charge in [-0.2, -0.15) is 14.9 Å². The number of piperazine rings is 1. The maximum atomic E-state index is 10.2. The lowest BCUT2D eigenvalue weighted by Gasteiger charge is -2.44. The minimum atomic E-state index is -0.409. The zero-order valence-corrected chi connectivity index (χ0v) is 20.6. The number of nitrogens with zero attached hydrogens (tertiary/aromatic N) is 7. The standard InChI is InChI=1S/C27H33N9/c28-19-27(12-10-23(11-13-27)35-17-15-34(16-18-35)22-8-9-22)20-4-6-21(7-5-20)31-26-32-25(29)36(33-26)24-3-1-2-14-30-24/h1-7,14,22-23H,8-13,15-18H2,(H3,29,31,32,33)/t23-,27-. The van der Waals surface area contributed by atoms with E-state index in [-0.39, 0.29) is 5.95 Å². The van der Waals surface area contributed by atoms with Gasteiger partial charge in [-0.05, 0) is 68.4 Å². The molecule has 186 valence electrons. The summed E-state index contributed by atoms with van der Waals surface area (Å²) in [6.07, 6.45) is 8.47. The van der Waals surface area contributed by atoms with Crippen molar-refractivity contribution in [2.75, 3.05) is 37.2 Å². The Morgan fingerprint density at radius 3 is 2.17 bits per heavy atom. The molecule has 9 nitrogen and oxygen atoms in total. The van der Waals surface area contributed by atoms with E-state index in [1.165, 1.54) is 43.7 Å². The van der Waals surface area contributed by atoms with E-state index in [1.807, 2.05) is 30.3 Å². The largest absolute Gasteiger partial charge is 0.368 e. The molecule has 0 radical (unpaired) electrons. The van der Waals surface area contributed by atoms with E-state index in [9.17, 15) is 5.26 Å². The summed E-state index contributed by atoms with van der Waals surface area (Å²) in [5.74, 6) is 1.28. The van der Waals surface area contributed by atoms with Gasteiger partial charge < -0.3 is 11.1 Å². The van der Waals surface area contributed by atoms with Gasteiger partial charge in [-0.25, -0.2) is 4.98 Å². The normalized spacial score (nSPS) is 25.4. The van der Waals surface area contributed by atoms with Gasteiger partial charge in [0.25, 0.3) is 0 Å². The molecule has 2 aliphatic carbocycles. The minimum absolute atomic E-state index is 0.266. The van der Waals surface area contributed by atoms with Gasteiger partial charge in [0.15, 0.2) is 5.82 Å². The third kappa shape index (κ3) is 4.54. The molecule has 0 unspecified atom stereocenters. The van der Waals surface area contributed by atoms with E-state index in [2.05, 4.69) is 48.4 Å². The molecule has 0 bridgehead atoms. The van der Waals surface area contributed by atoms with Crippen LogP contribution in [0.4, 0.5) is 17.6 Å². The highest BCUT2D eigenvalue weighted by Gasteiger charge is 2.40. The summed E-state index contributed by atoms with van der Waals surface area (Å²) in [5.41, 5.74) is 7.58. The first-order valence-electron chi connectivity index (χ1n) is 13.0. The maximum Gasteiger partial charge on any atom is 0.248 e. The van der Waals surface area contributed by atoms with E-state index >= 15 is 0 Å². The molecule has 1 aliphatic heterocycles. The third-order valence-electron chi connectivity index (χ3n) is 8.14. The number of nitrogen functional groups attached to an aromatic ring is 1. The van der Waals surface area contributed by atoms with E-state index in [0.29, 0.717) is 17.8 Å². The molecule has 0 atom stereocenters. The van der Waals surface area contributed by atoms with Crippen molar-refractivity contribution in [3.05, 3.63) is 54.2 Å². The van der Waals surface area contributed by atoms with Crippen LogP contribution in [-0.4, -0.2) is 67.8 Å². The van der Waals surface area contributed by atoms with Gasteiger partial charge in [-0.3, -0.25) is 9.80 Å². The maximum absolute atomic E-state index is 10.2. The van der Waals surface area contributed by atoms with Crippen LogP contribution in [-0.2, 0) is 5.41 Å². The molecule has 3 N–H and O–H groups in total. The van der Waals surface area contributed by atoms with Crippen LogP contribution in [0.1, 0.15) is 44.1 Å². The number of pyridine rings is 1. The van der Waals surface area contributed by atoms with E-state index in [4.69, 9.17) is 5.73 Å². The minimum Gasteiger partial charge on any atom is -0.368 e. The van der Waals surface area contributed by atoms with E-state index < -0.39 is 5.41 Å². The van der Waals surface area contributed by atoms with Crippen molar-refractivity contribution in [2.24, 2.45) is 0 Å². The molecule has 0 spiro atoms. The molecular weight excluding hydrogens is 450 g/mol. The lowest BCUT2D eigenvalue weighted by atomic mass is 9.69.